The van der Waals surface area contributed by atoms with Gasteiger partial charge in [-0.15, -0.1) is 10.2 Å². The average Bonchev–Trinajstić information content (AvgIpc) is 2.58. The lowest BCUT2D eigenvalue weighted by Crippen LogP contribution is -2.07. The van der Waals surface area contributed by atoms with Gasteiger partial charge in [-0.3, -0.25) is 0 Å². The van der Waals surface area contributed by atoms with Crippen molar-refractivity contribution in [2.75, 3.05) is 19.0 Å². The molecule has 0 N–H and O–H groups in total. The predicted octanol–water partition coefficient (Wildman–Crippen LogP) is 1.98. The summed E-state index contributed by atoms with van der Waals surface area (Å²) in [7, 11) is 0. The van der Waals surface area contributed by atoms with Gasteiger partial charge >= 0.3 is 0 Å². The number of thioether (sulfide) groups is 1. The Morgan fingerprint density at radius 1 is 1.44 bits per heavy atom. The lowest BCUT2D eigenvalue weighted by Gasteiger charge is -2.05. The smallest absolute Gasteiger partial charge is 0.261 e. The maximum Gasteiger partial charge on any atom is 0.261 e. The molecule has 7 heteroatoms. The van der Waals surface area contributed by atoms with E-state index < -0.39 is 13.0 Å². The van der Waals surface area contributed by atoms with E-state index in [1.165, 1.54) is 11.8 Å². The normalized spacial score (nSPS) is 11.3. The molecule has 0 saturated heterocycles. The Kier molecular flexibility index (Phi) is 5.68. The van der Waals surface area contributed by atoms with Gasteiger partial charge in [0.15, 0.2) is 5.16 Å². The molecule has 16 heavy (non-hydrogen) atoms. The maximum absolute atomic E-state index is 11.7. The molecule has 0 amide bonds. The van der Waals surface area contributed by atoms with Gasteiger partial charge < -0.3 is 9.30 Å². The van der Waals surface area contributed by atoms with E-state index in [-0.39, 0.29) is 0 Å². The second kappa shape index (κ2) is 6.80. The number of alkyl halides is 2. The second-order valence-electron chi connectivity index (χ2n) is 3.09. The molecule has 0 saturated carbocycles. The Hall–Kier alpha value is -0.690. The van der Waals surface area contributed by atoms with Crippen LogP contribution >= 0.6 is 11.8 Å². The van der Waals surface area contributed by atoms with E-state index in [4.69, 9.17) is 4.74 Å². The van der Waals surface area contributed by atoms with Crippen LogP contribution in [0.5, 0.6) is 0 Å². The summed E-state index contributed by atoms with van der Waals surface area (Å²) in [6.45, 7) is 4.49. The van der Waals surface area contributed by atoms with Crippen LogP contribution in [0.4, 0.5) is 8.78 Å². The third kappa shape index (κ3) is 4.05. The number of hydrogen-bond acceptors (Lipinski definition) is 4. The van der Waals surface area contributed by atoms with Crippen molar-refractivity contribution in [1.82, 2.24) is 14.8 Å². The van der Waals surface area contributed by atoms with Crippen LogP contribution in [0.3, 0.4) is 0 Å². The van der Waals surface area contributed by atoms with E-state index in [0.717, 1.165) is 17.5 Å². The number of aromatic nitrogens is 3. The van der Waals surface area contributed by atoms with Gasteiger partial charge in [0.2, 0.25) is 0 Å². The summed E-state index contributed by atoms with van der Waals surface area (Å²) >= 11 is 1.46. The first-order chi connectivity index (χ1) is 7.65. The van der Waals surface area contributed by atoms with Gasteiger partial charge in [0, 0.05) is 12.3 Å². The Labute approximate surface area is 97.4 Å². The fourth-order valence-corrected chi connectivity index (χ4v) is 2.10. The van der Waals surface area contributed by atoms with Crippen LogP contribution in [-0.4, -0.2) is 40.2 Å². The van der Waals surface area contributed by atoms with Crippen LogP contribution in [0.1, 0.15) is 12.7 Å². The van der Waals surface area contributed by atoms with Crippen molar-refractivity contribution in [3.05, 3.63) is 5.82 Å². The molecule has 0 aliphatic heterocycles. The van der Waals surface area contributed by atoms with Crippen molar-refractivity contribution < 1.29 is 13.5 Å². The van der Waals surface area contributed by atoms with E-state index in [2.05, 4.69) is 10.2 Å². The molecule has 0 spiro atoms. The molecule has 1 aromatic heterocycles. The van der Waals surface area contributed by atoms with E-state index in [0.29, 0.717) is 12.4 Å². The van der Waals surface area contributed by atoms with Crippen molar-refractivity contribution in [3.8, 4) is 0 Å². The molecule has 1 heterocycles. The van der Waals surface area contributed by atoms with Crippen molar-refractivity contribution in [1.29, 1.82) is 0 Å². The summed E-state index contributed by atoms with van der Waals surface area (Å²) < 4.78 is 30.2. The number of aryl methyl sites for hydroxylation is 1. The number of ether oxygens (including phenoxy) is 1. The highest BCUT2D eigenvalue weighted by atomic mass is 32.2. The first kappa shape index (κ1) is 13.4. The van der Waals surface area contributed by atoms with Gasteiger partial charge in [-0.1, -0.05) is 11.8 Å². The lowest BCUT2D eigenvalue weighted by atomic mass is 10.6. The van der Waals surface area contributed by atoms with Crippen LogP contribution in [0.25, 0.3) is 0 Å². The second-order valence-corrected chi connectivity index (χ2v) is 4.15. The lowest BCUT2D eigenvalue weighted by molar-refractivity contribution is 0.0237. The van der Waals surface area contributed by atoms with Gasteiger partial charge in [-0.25, -0.2) is 8.78 Å². The monoisotopic (exact) mass is 251 g/mol. The quantitative estimate of drug-likeness (QED) is 0.549. The fourth-order valence-electron chi connectivity index (χ4n) is 1.20. The van der Waals surface area contributed by atoms with Gasteiger partial charge in [0.05, 0.1) is 6.61 Å². The summed E-state index contributed by atoms with van der Waals surface area (Å²) in [4.78, 5) is 0. The molecule has 1 aromatic rings. The van der Waals surface area contributed by atoms with E-state index >= 15 is 0 Å². The summed E-state index contributed by atoms with van der Waals surface area (Å²) in [6, 6.07) is 0. The summed E-state index contributed by atoms with van der Waals surface area (Å²) in [6.07, 6.45) is -2.40. The Bertz CT molecular complexity index is 320. The molecular weight excluding hydrogens is 236 g/mol. The SMILES string of the molecule is CCn1c(C)nnc1SCCOCC(F)F. The molecule has 0 fully saturated rings. The van der Waals surface area contributed by atoms with Crippen LogP contribution in [0.2, 0.25) is 0 Å². The zero-order valence-electron chi connectivity index (χ0n) is 9.32. The third-order valence-corrected chi connectivity index (χ3v) is 2.85. The minimum Gasteiger partial charge on any atom is -0.375 e. The molecule has 0 aliphatic carbocycles. The van der Waals surface area contributed by atoms with E-state index in [9.17, 15) is 8.78 Å². The van der Waals surface area contributed by atoms with E-state index in [1.807, 2.05) is 18.4 Å². The van der Waals surface area contributed by atoms with Crippen LogP contribution in [0.15, 0.2) is 5.16 Å². The fraction of sp³-hybridized carbons (Fsp3) is 0.778. The molecule has 1 rings (SSSR count). The first-order valence-corrected chi connectivity index (χ1v) is 6.02. The Morgan fingerprint density at radius 3 is 2.81 bits per heavy atom. The standard InChI is InChI=1S/C9H15F2N3OS/c1-3-14-7(2)12-13-9(14)16-5-4-15-6-8(10)11/h8H,3-6H2,1-2H3. The average molecular weight is 251 g/mol. The van der Waals surface area contributed by atoms with Gasteiger partial charge in [0.25, 0.3) is 6.43 Å². The highest BCUT2D eigenvalue weighted by molar-refractivity contribution is 7.99. The molecule has 92 valence electrons. The molecule has 0 radical (unpaired) electrons. The van der Waals surface area contributed by atoms with Gasteiger partial charge in [-0.05, 0) is 13.8 Å². The van der Waals surface area contributed by atoms with Crippen molar-refractivity contribution in [2.24, 2.45) is 0 Å². The first-order valence-electron chi connectivity index (χ1n) is 5.03. The Morgan fingerprint density at radius 2 is 2.19 bits per heavy atom. The number of rotatable bonds is 7. The van der Waals surface area contributed by atoms with Crippen molar-refractivity contribution in [2.45, 2.75) is 32.0 Å². The van der Waals surface area contributed by atoms with Gasteiger partial charge in [0.1, 0.15) is 12.4 Å². The topological polar surface area (TPSA) is 39.9 Å². The predicted molar refractivity (Wildman–Crippen MR) is 58.0 cm³/mol. The highest BCUT2D eigenvalue weighted by Gasteiger charge is 2.07. The summed E-state index contributed by atoms with van der Waals surface area (Å²) in [5.74, 6) is 1.46. The molecule has 4 nitrogen and oxygen atoms in total. The largest absolute Gasteiger partial charge is 0.375 e. The van der Waals surface area contributed by atoms with Gasteiger partial charge in [-0.2, -0.15) is 0 Å². The van der Waals surface area contributed by atoms with Crippen LogP contribution < -0.4 is 0 Å². The molecule has 0 unspecified atom stereocenters. The minimum atomic E-state index is -2.40. The summed E-state index contributed by atoms with van der Waals surface area (Å²) in [5.41, 5.74) is 0. The minimum absolute atomic E-state index is 0.296. The number of nitrogens with zero attached hydrogens (tertiary/aromatic N) is 3. The molecular formula is C9H15F2N3OS. The van der Waals surface area contributed by atoms with Crippen molar-refractivity contribution in [3.63, 3.8) is 0 Å². The Balaban J connectivity index is 2.26. The van der Waals surface area contributed by atoms with E-state index in [1.54, 1.807) is 0 Å². The number of halogens is 2. The van der Waals surface area contributed by atoms with Crippen LogP contribution in [0, 0.1) is 6.92 Å². The third-order valence-electron chi connectivity index (χ3n) is 1.92. The zero-order valence-corrected chi connectivity index (χ0v) is 10.1. The zero-order chi connectivity index (χ0) is 12.0. The molecule has 0 aliphatic rings. The maximum atomic E-state index is 11.7. The highest BCUT2D eigenvalue weighted by Crippen LogP contribution is 2.16. The number of hydrogen-bond donors (Lipinski definition) is 0. The van der Waals surface area contributed by atoms with Crippen molar-refractivity contribution >= 4 is 11.8 Å². The summed E-state index contributed by atoms with van der Waals surface area (Å²) in [5, 5.41) is 8.74. The molecule has 0 atom stereocenters. The van der Waals surface area contributed by atoms with Crippen LogP contribution in [-0.2, 0) is 11.3 Å². The molecule has 0 aromatic carbocycles. The molecule has 0 bridgehead atoms.